The summed E-state index contributed by atoms with van der Waals surface area (Å²) in [6.45, 7) is 4.08. The molecule has 0 aliphatic heterocycles. The van der Waals surface area contributed by atoms with Crippen LogP contribution < -0.4 is 5.32 Å². The molecule has 2 heteroatoms. The monoisotopic (exact) mass is 207 g/mol. The van der Waals surface area contributed by atoms with Crippen LogP contribution >= 0.6 is 0 Å². The molecule has 0 saturated heterocycles. The van der Waals surface area contributed by atoms with Crippen molar-refractivity contribution in [3.63, 3.8) is 0 Å². The maximum Gasteiger partial charge on any atom is 0.126 e. The van der Waals surface area contributed by atoms with Crippen LogP contribution in [0.25, 0.3) is 0 Å². The fourth-order valence-electron chi connectivity index (χ4n) is 1.35. The molecule has 1 nitrogen and oxygen atoms in total. The van der Waals surface area contributed by atoms with Gasteiger partial charge in [0, 0.05) is 0 Å². The van der Waals surface area contributed by atoms with Crippen molar-refractivity contribution in [2.45, 2.75) is 19.8 Å². The summed E-state index contributed by atoms with van der Waals surface area (Å²) >= 11 is 0. The largest absolute Gasteiger partial charge is 0.317 e. The molecule has 0 bridgehead atoms. The second-order valence-corrected chi connectivity index (χ2v) is 3.41. The van der Waals surface area contributed by atoms with Gasteiger partial charge in [-0.05, 0) is 37.6 Å². The van der Waals surface area contributed by atoms with Crippen molar-refractivity contribution in [1.82, 2.24) is 5.32 Å². The molecule has 0 fully saturated rings. The molecular weight excluding hydrogens is 189 g/mol. The van der Waals surface area contributed by atoms with Gasteiger partial charge in [-0.2, -0.15) is 0 Å². The van der Waals surface area contributed by atoms with Crippen LogP contribution in [-0.2, 0) is 6.42 Å². The summed E-state index contributed by atoms with van der Waals surface area (Å²) in [6, 6.07) is 6.91. The smallest absolute Gasteiger partial charge is 0.126 e. The highest BCUT2D eigenvalue weighted by Crippen LogP contribution is 2.07. The van der Waals surface area contributed by atoms with Gasteiger partial charge in [0.15, 0.2) is 0 Å². The summed E-state index contributed by atoms with van der Waals surface area (Å²) in [4.78, 5) is 0. The summed E-state index contributed by atoms with van der Waals surface area (Å²) in [5.41, 5.74) is 0.761. The summed E-state index contributed by atoms with van der Waals surface area (Å²) in [5, 5.41) is 3.23. The van der Waals surface area contributed by atoms with E-state index in [4.69, 9.17) is 0 Å². The molecule has 0 heterocycles. The van der Waals surface area contributed by atoms with Gasteiger partial charge in [0.05, 0.1) is 0 Å². The Balaban J connectivity index is 2.28. The lowest BCUT2D eigenvalue weighted by Gasteiger charge is -1.98. The van der Waals surface area contributed by atoms with E-state index >= 15 is 0 Å². The molecule has 0 spiro atoms. The molecule has 1 rings (SSSR count). The van der Waals surface area contributed by atoms with Gasteiger partial charge >= 0.3 is 0 Å². The highest BCUT2D eigenvalue weighted by Gasteiger charge is 1.96. The van der Waals surface area contributed by atoms with E-state index in [0.29, 0.717) is 6.42 Å². The first-order chi connectivity index (χ1) is 7.34. The van der Waals surface area contributed by atoms with Crippen LogP contribution in [0.3, 0.4) is 0 Å². The number of halogens is 1. The van der Waals surface area contributed by atoms with Gasteiger partial charge in [-0.25, -0.2) is 4.39 Å². The Morgan fingerprint density at radius 3 is 2.80 bits per heavy atom. The predicted octanol–water partition coefficient (Wildman–Crippen LogP) is 2.92. The lowest BCUT2D eigenvalue weighted by molar-refractivity contribution is 0.614. The zero-order chi connectivity index (χ0) is 10.9. The maximum absolute atomic E-state index is 13.2. The van der Waals surface area contributed by atoms with E-state index in [1.807, 2.05) is 18.2 Å². The van der Waals surface area contributed by atoms with E-state index in [1.165, 1.54) is 6.07 Å². The summed E-state index contributed by atoms with van der Waals surface area (Å²) in [5.74, 6) is -0.117. The fraction of sp³-hybridized carbons (Fsp3) is 0.385. The fourth-order valence-corrected chi connectivity index (χ4v) is 1.35. The Bertz CT molecular complexity index is 307. The number of benzene rings is 1. The van der Waals surface area contributed by atoms with E-state index in [1.54, 1.807) is 6.07 Å². The second kappa shape index (κ2) is 7.18. The topological polar surface area (TPSA) is 12.0 Å². The molecule has 15 heavy (non-hydrogen) atoms. The molecule has 1 N–H and O–H groups in total. The van der Waals surface area contributed by atoms with E-state index in [2.05, 4.69) is 18.3 Å². The molecule has 1 aromatic carbocycles. The van der Waals surface area contributed by atoms with Crippen molar-refractivity contribution in [1.29, 1.82) is 0 Å². The SMILES string of the molecule is CCNCCC=CCc1ccccc1F. The summed E-state index contributed by atoms with van der Waals surface area (Å²) < 4.78 is 13.2. The number of allylic oxidation sites excluding steroid dienone is 1. The van der Waals surface area contributed by atoms with Gasteiger partial charge in [-0.15, -0.1) is 0 Å². The van der Waals surface area contributed by atoms with Crippen molar-refractivity contribution in [2.75, 3.05) is 13.1 Å². The van der Waals surface area contributed by atoms with Gasteiger partial charge in [0.2, 0.25) is 0 Å². The van der Waals surface area contributed by atoms with Gasteiger partial charge in [-0.1, -0.05) is 37.3 Å². The second-order valence-electron chi connectivity index (χ2n) is 3.41. The van der Waals surface area contributed by atoms with Gasteiger partial charge in [0.25, 0.3) is 0 Å². The van der Waals surface area contributed by atoms with Crippen LogP contribution in [0.2, 0.25) is 0 Å². The Kier molecular flexibility index (Phi) is 5.71. The normalized spacial score (nSPS) is 11.1. The Hall–Kier alpha value is -1.15. The Labute approximate surface area is 91.0 Å². The van der Waals surface area contributed by atoms with Crippen molar-refractivity contribution in [2.24, 2.45) is 0 Å². The first kappa shape index (κ1) is 11.9. The molecule has 0 unspecified atom stereocenters. The first-order valence-electron chi connectivity index (χ1n) is 5.43. The molecule has 1 aromatic rings. The van der Waals surface area contributed by atoms with Gasteiger partial charge in [0.1, 0.15) is 5.82 Å². The van der Waals surface area contributed by atoms with E-state index in [0.717, 1.165) is 25.1 Å². The standard InChI is InChI=1S/C13H18FN/c1-2-15-11-7-3-4-8-12-9-5-6-10-13(12)14/h3-6,9-10,15H,2,7-8,11H2,1H3. The third kappa shape index (κ3) is 4.75. The molecule has 82 valence electrons. The third-order valence-electron chi connectivity index (χ3n) is 2.20. The van der Waals surface area contributed by atoms with E-state index in [9.17, 15) is 4.39 Å². The average molecular weight is 207 g/mol. The van der Waals surface area contributed by atoms with Crippen molar-refractivity contribution in [3.8, 4) is 0 Å². The Morgan fingerprint density at radius 1 is 1.27 bits per heavy atom. The first-order valence-corrected chi connectivity index (χ1v) is 5.43. The summed E-state index contributed by atoms with van der Waals surface area (Å²) in [7, 11) is 0. The molecule has 0 aliphatic carbocycles. The van der Waals surface area contributed by atoms with Crippen LogP contribution in [0.15, 0.2) is 36.4 Å². The number of nitrogens with one attached hydrogen (secondary N) is 1. The molecule has 0 saturated carbocycles. The highest BCUT2D eigenvalue weighted by molar-refractivity contribution is 5.19. The molecule has 0 radical (unpaired) electrons. The van der Waals surface area contributed by atoms with Crippen LogP contribution in [-0.4, -0.2) is 13.1 Å². The van der Waals surface area contributed by atoms with Crippen LogP contribution in [0.4, 0.5) is 4.39 Å². The van der Waals surface area contributed by atoms with Gasteiger partial charge < -0.3 is 5.32 Å². The van der Waals surface area contributed by atoms with E-state index < -0.39 is 0 Å². The van der Waals surface area contributed by atoms with Gasteiger partial charge in [-0.3, -0.25) is 0 Å². The zero-order valence-electron chi connectivity index (χ0n) is 9.17. The quantitative estimate of drug-likeness (QED) is 0.558. The lowest BCUT2D eigenvalue weighted by atomic mass is 10.1. The van der Waals surface area contributed by atoms with Crippen LogP contribution in [0.1, 0.15) is 18.9 Å². The van der Waals surface area contributed by atoms with Crippen LogP contribution in [0, 0.1) is 5.82 Å². The molecule has 0 atom stereocenters. The number of hydrogen-bond donors (Lipinski definition) is 1. The number of rotatable bonds is 6. The minimum Gasteiger partial charge on any atom is -0.317 e. The van der Waals surface area contributed by atoms with Crippen molar-refractivity contribution in [3.05, 3.63) is 47.8 Å². The molecule has 0 amide bonds. The molecule has 0 aromatic heterocycles. The number of hydrogen-bond acceptors (Lipinski definition) is 1. The molecule has 0 aliphatic rings. The van der Waals surface area contributed by atoms with Crippen molar-refractivity contribution < 1.29 is 4.39 Å². The zero-order valence-corrected chi connectivity index (χ0v) is 9.17. The summed E-state index contributed by atoms with van der Waals surface area (Å²) in [6.07, 6.45) is 5.80. The molecular formula is C13H18FN. The minimum atomic E-state index is -0.117. The predicted molar refractivity (Wildman–Crippen MR) is 62.4 cm³/mol. The average Bonchev–Trinajstić information content (AvgIpc) is 2.25. The Morgan fingerprint density at radius 2 is 2.07 bits per heavy atom. The lowest BCUT2D eigenvalue weighted by Crippen LogP contribution is -2.12. The van der Waals surface area contributed by atoms with Crippen molar-refractivity contribution >= 4 is 0 Å². The van der Waals surface area contributed by atoms with Crippen LogP contribution in [0.5, 0.6) is 0 Å². The highest BCUT2D eigenvalue weighted by atomic mass is 19.1. The maximum atomic E-state index is 13.2. The third-order valence-corrected chi connectivity index (χ3v) is 2.20. The van der Waals surface area contributed by atoms with E-state index in [-0.39, 0.29) is 5.82 Å². The minimum absolute atomic E-state index is 0.117.